The topological polar surface area (TPSA) is 37.3 Å². The molecule has 0 aromatic heterocycles. The van der Waals surface area contributed by atoms with Gasteiger partial charge in [-0.25, -0.2) is 4.79 Å². The van der Waals surface area contributed by atoms with Crippen LogP contribution in [0.3, 0.4) is 0 Å². The molecule has 0 aliphatic heterocycles. The number of allylic oxidation sites excluding steroid dienone is 2. The van der Waals surface area contributed by atoms with Crippen LogP contribution in [0, 0.1) is 0 Å². The predicted octanol–water partition coefficient (Wildman–Crippen LogP) is 2.73. The van der Waals surface area contributed by atoms with Crippen molar-refractivity contribution in [3.63, 3.8) is 0 Å². The lowest BCUT2D eigenvalue weighted by Gasteiger charge is -2.04. The van der Waals surface area contributed by atoms with Crippen molar-refractivity contribution in [2.45, 2.75) is 6.92 Å². The fourth-order valence-corrected chi connectivity index (χ4v) is 1.23. The molecule has 14 heavy (non-hydrogen) atoms. The minimum atomic E-state index is -0.923. The van der Waals surface area contributed by atoms with Gasteiger partial charge < -0.3 is 5.11 Å². The average molecular weight is 188 g/mol. The maximum atomic E-state index is 11.0. The molecular formula is C12H12O2. The lowest BCUT2D eigenvalue weighted by molar-refractivity contribution is -0.130. The van der Waals surface area contributed by atoms with Gasteiger partial charge in [-0.3, -0.25) is 0 Å². The van der Waals surface area contributed by atoms with E-state index in [1.807, 2.05) is 18.2 Å². The van der Waals surface area contributed by atoms with E-state index in [1.165, 1.54) is 0 Å². The van der Waals surface area contributed by atoms with Gasteiger partial charge in [0.2, 0.25) is 0 Å². The number of aliphatic carboxylic acids is 1. The van der Waals surface area contributed by atoms with Crippen LogP contribution in [0.25, 0.3) is 5.57 Å². The highest BCUT2D eigenvalue weighted by molar-refractivity contribution is 6.16. The van der Waals surface area contributed by atoms with Crippen LogP contribution in [-0.2, 0) is 4.79 Å². The van der Waals surface area contributed by atoms with Gasteiger partial charge in [0.1, 0.15) is 0 Å². The summed E-state index contributed by atoms with van der Waals surface area (Å²) >= 11 is 0. The highest BCUT2D eigenvalue weighted by Crippen LogP contribution is 2.19. The molecule has 0 radical (unpaired) electrons. The quantitative estimate of drug-likeness (QED) is 0.585. The molecule has 0 fully saturated rings. The van der Waals surface area contributed by atoms with Crippen molar-refractivity contribution in [1.82, 2.24) is 0 Å². The lowest BCUT2D eigenvalue weighted by atomic mass is 10.0. The number of benzene rings is 1. The minimum absolute atomic E-state index is 0.306. The molecule has 0 heterocycles. The Morgan fingerprint density at radius 1 is 1.36 bits per heavy atom. The van der Waals surface area contributed by atoms with Crippen LogP contribution in [0.15, 0.2) is 48.6 Å². The van der Waals surface area contributed by atoms with Gasteiger partial charge in [0.05, 0.1) is 5.57 Å². The van der Waals surface area contributed by atoms with E-state index in [9.17, 15) is 4.79 Å². The molecule has 1 rings (SSSR count). The summed E-state index contributed by atoms with van der Waals surface area (Å²) in [7, 11) is 0. The molecule has 1 N–H and O–H groups in total. The Morgan fingerprint density at radius 3 is 2.36 bits per heavy atom. The maximum Gasteiger partial charge on any atom is 0.336 e. The molecule has 1 aromatic carbocycles. The van der Waals surface area contributed by atoms with Crippen LogP contribution < -0.4 is 0 Å². The molecule has 0 saturated heterocycles. The first-order valence-electron chi connectivity index (χ1n) is 4.29. The minimum Gasteiger partial charge on any atom is -0.478 e. The normalized spacial score (nSPS) is 11.8. The molecule has 1 aromatic rings. The van der Waals surface area contributed by atoms with Gasteiger partial charge in [0.25, 0.3) is 0 Å². The second-order valence-corrected chi connectivity index (χ2v) is 2.93. The number of rotatable bonds is 3. The van der Waals surface area contributed by atoms with E-state index < -0.39 is 5.97 Å². The van der Waals surface area contributed by atoms with Crippen molar-refractivity contribution in [3.8, 4) is 0 Å². The van der Waals surface area contributed by atoms with Crippen LogP contribution in [0.2, 0.25) is 0 Å². The lowest BCUT2D eigenvalue weighted by Crippen LogP contribution is -2.01. The molecule has 0 atom stereocenters. The summed E-state index contributed by atoms with van der Waals surface area (Å²) in [6.07, 6.45) is 1.55. The average Bonchev–Trinajstić information content (AvgIpc) is 2.19. The molecular weight excluding hydrogens is 176 g/mol. The number of hydrogen-bond donors (Lipinski definition) is 1. The van der Waals surface area contributed by atoms with E-state index >= 15 is 0 Å². The Hall–Kier alpha value is -1.83. The summed E-state index contributed by atoms with van der Waals surface area (Å²) in [5, 5.41) is 9.02. The van der Waals surface area contributed by atoms with Gasteiger partial charge in [-0.05, 0) is 18.1 Å². The van der Waals surface area contributed by atoms with Gasteiger partial charge in [-0.1, -0.05) is 43.0 Å². The number of hydrogen-bond acceptors (Lipinski definition) is 1. The fourth-order valence-electron chi connectivity index (χ4n) is 1.23. The van der Waals surface area contributed by atoms with E-state index in [0.29, 0.717) is 16.7 Å². The summed E-state index contributed by atoms with van der Waals surface area (Å²) < 4.78 is 0. The Labute approximate surface area is 83.2 Å². The SMILES string of the molecule is C=CC(C)=C(C(=O)O)c1ccccc1. The second kappa shape index (κ2) is 4.42. The van der Waals surface area contributed by atoms with Crippen molar-refractivity contribution in [3.05, 3.63) is 54.1 Å². The fraction of sp³-hybridized carbons (Fsp3) is 0.0833. The van der Waals surface area contributed by atoms with Crippen LogP contribution in [0.5, 0.6) is 0 Å². The van der Waals surface area contributed by atoms with Crippen molar-refractivity contribution in [1.29, 1.82) is 0 Å². The number of carboxylic acid groups (broad SMARTS) is 1. The van der Waals surface area contributed by atoms with Crippen LogP contribution in [0.1, 0.15) is 12.5 Å². The molecule has 0 spiro atoms. The van der Waals surface area contributed by atoms with E-state index in [1.54, 1.807) is 25.1 Å². The molecule has 0 saturated carbocycles. The Morgan fingerprint density at radius 2 is 1.93 bits per heavy atom. The first-order chi connectivity index (χ1) is 6.66. The highest BCUT2D eigenvalue weighted by Gasteiger charge is 2.11. The van der Waals surface area contributed by atoms with Gasteiger partial charge in [-0.2, -0.15) is 0 Å². The third kappa shape index (κ3) is 2.10. The molecule has 72 valence electrons. The molecule has 0 aliphatic rings. The highest BCUT2D eigenvalue weighted by atomic mass is 16.4. The molecule has 0 aliphatic carbocycles. The van der Waals surface area contributed by atoms with Crippen LogP contribution in [0.4, 0.5) is 0 Å². The van der Waals surface area contributed by atoms with E-state index in [0.717, 1.165) is 0 Å². The Kier molecular flexibility index (Phi) is 3.24. The first kappa shape index (κ1) is 10.3. The number of carbonyl (C=O) groups is 1. The largest absolute Gasteiger partial charge is 0.478 e. The standard InChI is InChI=1S/C12H12O2/c1-3-9(2)11(12(13)14)10-7-5-4-6-8-10/h3-8H,1H2,2H3,(H,13,14). The molecule has 0 amide bonds. The Bertz CT molecular complexity index is 375. The van der Waals surface area contributed by atoms with Crippen molar-refractivity contribution >= 4 is 11.5 Å². The van der Waals surface area contributed by atoms with Gasteiger partial charge in [0, 0.05) is 0 Å². The molecule has 2 heteroatoms. The van der Waals surface area contributed by atoms with Gasteiger partial charge in [0.15, 0.2) is 0 Å². The zero-order valence-corrected chi connectivity index (χ0v) is 8.03. The van der Waals surface area contributed by atoms with Crippen LogP contribution >= 0.6 is 0 Å². The molecule has 2 nitrogen and oxygen atoms in total. The van der Waals surface area contributed by atoms with E-state index in [-0.39, 0.29) is 0 Å². The molecule has 0 bridgehead atoms. The maximum absolute atomic E-state index is 11.0. The van der Waals surface area contributed by atoms with Crippen molar-refractivity contribution in [2.24, 2.45) is 0 Å². The zero-order valence-electron chi connectivity index (χ0n) is 8.03. The third-order valence-corrected chi connectivity index (χ3v) is 1.98. The van der Waals surface area contributed by atoms with Gasteiger partial charge in [-0.15, -0.1) is 0 Å². The van der Waals surface area contributed by atoms with Crippen molar-refractivity contribution < 1.29 is 9.90 Å². The second-order valence-electron chi connectivity index (χ2n) is 2.93. The number of carboxylic acids is 1. The third-order valence-electron chi connectivity index (χ3n) is 1.98. The van der Waals surface area contributed by atoms with Crippen LogP contribution in [-0.4, -0.2) is 11.1 Å². The predicted molar refractivity (Wildman–Crippen MR) is 56.9 cm³/mol. The van der Waals surface area contributed by atoms with Gasteiger partial charge >= 0.3 is 5.97 Å². The molecule has 0 unspecified atom stereocenters. The summed E-state index contributed by atoms with van der Waals surface area (Å²) in [6, 6.07) is 9.03. The summed E-state index contributed by atoms with van der Waals surface area (Å²) in [5.41, 5.74) is 1.68. The summed E-state index contributed by atoms with van der Waals surface area (Å²) in [4.78, 5) is 11.0. The Balaban J connectivity index is 3.28. The van der Waals surface area contributed by atoms with E-state index in [2.05, 4.69) is 6.58 Å². The first-order valence-corrected chi connectivity index (χ1v) is 4.29. The zero-order chi connectivity index (χ0) is 10.6. The summed E-state index contributed by atoms with van der Waals surface area (Å²) in [6.45, 7) is 5.31. The summed E-state index contributed by atoms with van der Waals surface area (Å²) in [5.74, 6) is -0.923. The smallest absolute Gasteiger partial charge is 0.336 e. The van der Waals surface area contributed by atoms with Crippen molar-refractivity contribution in [2.75, 3.05) is 0 Å². The van der Waals surface area contributed by atoms with E-state index in [4.69, 9.17) is 5.11 Å². The monoisotopic (exact) mass is 188 g/mol.